The first-order chi connectivity index (χ1) is 17.3. The van der Waals surface area contributed by atoms with Gasteiger partial charge in [-0.25, -0.2) is 18.0 Å². The van der Waals surface area contributed by atoms with Gasteiger partial charge in [-0.15, -0.1) is 0 Å². The van der Waals surface area contributed by atoms with Crippen LogP contribution >= 0.6 is 0 Å². The topological polar surface area (TPSA) is 66.8 Å². The number of benzene rings is 4. The Morgan fingerprint density at radius 1 is 0.833 bits per heavy atom. The Morgan fingerprint density at radius 3 is 1.92 bits per heavy atom. The van der Waals surface area contributed by atoms with Crippen LogP contribution < -0.4 is 4.74 Å². The van der Waals surface area contributed by atoms with Crippen molar-refractivity contribution in [2.24, 2.45) is 0 Å². The van der Waals surface area contributed by atoms with E-state index in [-0.39, 0.29) is 22.4 Å². The summed E-state index contributed by atoms with van der Waals surface area (Å²) in [6.07, 6.45) is 0.841. The Balaban J connectivity index is 1.52. The summed E-state index contributed by atoms with van der Waals surface area (Å²) in [6, 6.07) is 18.5. The molecule has 4 nitrogen and oxygen atoms in total. The van der Waals surface area contributed by atoms with Gasteiger partial charge >= 0.3 is 5.97 Å². The first-order valence-electron chi connectivity index (χ1n) is 11.4. The van der Waals surface area contributed by atoms with E-state index in [4.69, 9.17) is 4.74 Å². The van der Waals surface area contributed by atoms with E-state index in [1.54, 1.807) is 24.3 Å². The SMILES string of the molecule is CCCC(O)c1ccc(-c2ccc(-c3ccc(OC(=O)c4ccc(O)c(F)c4)cc3)c(F)c2F)cc1. The largest absolute Gasteiger partial charge is 0.505 e. The zero-order valence-electron chi connectivity index (χ0n) is 19.3. The molecule has 0 aromatic heterocycles. The molecule has 0 bridgehead atoms. The molecular weight excluding hydrogens is 469 g/mol. The van der Waals surface area contributed by atoms with E-state index >= 15 is 0 Å². The highest BCUT2D eigenvalue weighted by molar-refractivity contribution is 5.91. The smallest absolute Gasteiger partial charge is 0.343 e. The van der Waals surface area contributed by atoms with Crippen LogP contribution in [-0.4, -0.2) is 16.2 Å². The average molecular weight is 492 g/mol. The van der Waals surface area contributed by atoms with Crippen LogP contribution in [0.2, 0.25) is 0 Å². The predicted octanol–water partition coefficient (Wildman–Crippen LogP) is 7.20. The molecule has 1 unspecified atom stereocenters. The van der Waals surface area contributed by atoms with Crippen LogP contribution in [0.3, 0.4) is 0 Å². The van der Waals surface area contributed by atoms with Crippen molar-refractivity contribution in [3.63, 3.8) is 0 Å². The van der Waals surface area contributed by atoms with E-state index < -0.39 is 35.3 Å². The molecule has 0 spiro atoms. The molecule has 0 amide bonds. The van der Waals surface area contributed by atoms with E-state index in [0.29, 0.717) is 17.5 Å². The Hall–Kier alpha value is -4.10. The van der Waals surface area contributed by atoms with Crippen LogP contribution in [-0.2, 0) is 0 Å². The second kappa shape index (κ2) is 10.7. The number of aliphatic hydroxyl groups excluding tert-OH is 1. The number of aromatic hydroxyl groups is 1. The fourth-order valence-corrected chi connectivity index (χ4v) is 3.82. The van der Waals surface area contributed by atoms with Crippen molar-refractivity contribution in [1.82, 2.24) is 0 Å². The first kappa shape index (κ1) is 25.0. The minimum Gasteiger partial charge on any atom is -0.505 e. The summed E-state index contributed by atoms with van der Waals surface area (Å²) in [5.74, 6) is -4.27. The summed E-state index contributed by atoms with van der Waals surface area (Å²) >= 11 is 0. The van der Waals surface area contributed by atoms with Crippen LogP contribution in [0.1, 0.15) is 41.8 Å². The van der Waals surface area contributed by atoms with Gasteiger partial charge in [0.25, 0.3) is 0 Å². The molecule has 0 radical (unpaired) electrons. The van der Waals surface area contributed by atoms with Crippen molar-refractivity contribution >= 4 is 5.97 Å². The summed E-state index contributed by atoms with van der Waals surface area (Å²) in [6.45, 7) is 1.97. The Labute approximate surface area is 206 Å². The maximum Gasteiger partial charge on any atom is 0.343 e. The zero-order valence-corrected chi connectivity index (χ0v) is 19.3. The van der Waals surface area contributed by atoms with Gasteiger partial charge in [0.15, 0.2) is 23.2 Å². The van der Waals surface area contributed by atoms with Gasteiger partial charge in [0, 0.05) is 11.1 Å². The van der Waals surface area contributed by atoms with Crippen molar-refractivity contribution in [1.29, 1.82) is 0 Å². The maximum absolute atomic E-state index is 15.0. The average Bonchev–Trinajstić information content (AvgIpc) is 2.88. The van der Waals surface area contributed by atoms with Gasteiger partial charge in [-0.3, -0.25) is 0 Å². The number of rotatable bonds is 7. The van der Waals surface area contributed by atoms with Crippen LogP contribution in [0.5, 0.6) is 11.5 Å². The molecule has 4 rings (SSSR count). The molecule has 184 valence electrons. The van der Waals surface area contributed by atoms with Gasteiger partial charge in [-0.2, -0.15) is 0 Å². The molecule has 2 N–H and O–H groups in total. The fourth-order valence-electron chi connectivity index (χ4n) is 3.82. The van der Waals surface area contributed by atoms with Crippen molar-refractivity contribution in [3.05, 3.63) is 107 Å². The lowest BCUT2D eigenvalue weighted by molar-refractivity contribution is 0.0734. The molecule has 0 saturated carbocycles. The number of hydrogen-bond acceptors (Lipinski definition) is 4. The molecule has 0 aliphatic heterocycles. The second-order valence-electron chi connectivity index (χ2n) is 8.30. The number of esters is 1. The molecule has 4 aromatic rings. The highest BCUT2D eigenvalue weighted by atomic mass is 19.2. The third-order valence-corrected chi connectivity index (χ3v) is 5.81. The minimum absolute atomic E-state index is 0.0321. The first-order valence-corrected chi connectivity index (χ1v) is 11.4. The Bertz CT molecular complexity index is 1380. The monoisotopic (exact) mass is 492 g/mol. The normalized spacial score (nSPS) is 11.8. The van der Waals surface area contributed by atoms with Crippen LogP contribution in [0.15, 0.2) is 78.9 Å². The zero-order chi connectivity index (χ0) is 25.8. The number of aliphatic hydroxyl groups is 1. The standard InChI is InChI=1S/C29H23F3O4/c1-2-3-25(33)19-6-4-17(5-7-19)22-13-14-23(28(32)27(22)31)18-8-11-21(12-9-18)36-29(35)20-10-15-26(34)24(30)16-20/h4-16,25,33-34H,2-3H2,1H3. The molecule has 0 aliphatic rings. The molecule has 0 aliphatic carbocycles. The molecule has 36 heavy (non-hydrogen) atoms. The third-order valence-electron chi connectivity index (χ3n) is 5.81. The lowest BCUT2D eigenvalue weighted by Gasteiger charge is -2.12. The predicted molar refractivity (Wildman–Crippen MR) is 130 cm³/mol. The van der Waals surface area contributed by atoms with Crippen molar-refractivity contribution in [2.75, 3.05) is 0 Å². The summed E-state index contributed by atoms with van der Waals surface area (Å²) in [5.41, 5.74) is 1.61. The van der Waals surface area contributed by atoms with E-state index in [1.807, 2.05) is 6.92 Å². The summed E-state index contributed by atoms with van der Waals surface area (Å²) in [7, 11) is 0. The minimum atomic E-state index is -1.02. The fraction of sp³-hybridized carbons (Fsp3) is 0.138. The summed E-state index contributed by atoms with van der Waals surface area (Å²) in [5, 5.41) is 19.3. The lowest BCUT2D eigenvalue weighted by atomic mass is 9.97. The van der Waals surface area contributed by atoms with E-state index in [9.17, 15) is 28.2 Å². The second-order valence-corrected chi connectivity index (χ2v) is 8.30. The van der Waals surface area contributed by atoms with Crippen LogP contribution in [0.4, 0.5) is 13.2 Å². The van der Waals surface area contributed by atoms with E-state index in [1.165, 1.54) is 42.5 Å². The molecule has 4 aromatic carbocycles. The van der Waals surface area contributed by atoms with Crippen LogP contribution in [0, 0.1) is 17.5 Å². The molecule has 0 heterocycles. The molecular formula is C29H23F3O4. The van der Waals surface area contributed by atoms with Gasteiger partial charge in [0.1, 0.15) is 5.75 Å². The maximum atomic E-state index is 15.0. The number of phenolic OH excluding ortho intramolecular Hbond substituents is 1. The molecule has 7 heteroatoms. The number of carbonyl (C=O) groups is 1. The van der Waals surface area contributed by atoms with Crippen molar-refractivity contribution in [3.8, 4) is 33.8 Å². The van der Waals surface area contributed by atoms with Crippen LogP contribution in [0.25, 0.3) is 22.3 Å². The van der Waals surface area contributed by atoms with E-state index in [0.717, 1.165) is 24.1 Å². The Morgan fingerprint density at radius 2 is 1.39 bits per heavy atom. The third kappa shape index (κ3) is 5.26. The van der Waals surface area contributed by atoms with Crippen molar-refractivity contribution in [2.45, 2.75) is 25.9 Å². The Kier molecular flexibility index (Phi) is 7.41. The number of ether oxygens (including phenoxy) is 1. The molecule has 0 fully saturated rings. The van der Waals surface area contributed by atoms with Crippen molar-refractivity contribution < 1.29 is 32.9 Å². The van der Waals surface area contributed by atoms with Gasteiger partial charge < -0.3 is 14.9 Å². The lowest BCUT2D eigenvalue weighted by Crippen LogP contribution is -2.08. The number of hydrogen-bond donors (Lipinski definition) is 2. The van der Waals surface area contributed by atoms with Gasteiger partial charge in [-0.1, -0.05) is 61.9 Å². The molecule has 0 saturated heterocycles. The van der Waals surface area contributed by atoms with Gasteiger partial charge in [-0.05, 0) is 53.4 Å². The van der Waals surface area contributed by atoms with Gasteiger partial charge in [0.05, 0.1) is 11.7 Å². The number of phenols is 1. The number of halogens is 3. The number of carbonyl (C=O) groups excluding carboxylic acids is 1. The van der Waals surface area contributed by atoms with E-state index in [2.05, 4.69) is 0 Å². The quantitative estimate of drug-likeness (QED) is 0.212. The van der Waals surface area contributed by atoms with Gasteiger partial charge in [0.2, 0.25) is 0 Å². The highest BCUT2D eigenvalue weighted by Crippen LogP contribution is 2.33. The highest BCUT2D eigenvalue weighted by Gasteiger charge is 2.17. The molecule has 1 atom stereocenters. The summed E-state index contributed by atoms with van der Waals surface area (Å²) in [4.78, 5) is 12.2. The summed E-state index contributed by atoms with van der Waals surface area (Å²) < 4.78 is 48.6.